The van der Waals surface area contributed by atoms with Crippen LogP contribution in [-0.4, -0.2) is 32.1 Å². The average Bonchev–Trinajstić information content (AvgIpc) is 2.83. The van der Waals surface area contributed by atoms with Crippen molar-refractivity contribution in [3.63, 3.8) is 0 Å². The number of nitrogens with zero attached hydrogens (tertiary/aromatic N) is 2. The Hall–Kier alpha value is -3.91. The van der Waals surface area contributed by atoms with E-state index in [1.807, 2.05) is 6.07 Å². The molecule has 0 unspecified atom stereocenters. The van der Waals surface area contributed by atoms with Gasteiger partial charge in [0.15, 0.2) is 0 Å². The zero-order chi connectivity index (χ0) is 23.5. The number of carbonyl (C=O) groups is 3. The van der Waals surface area contributed by atoms with Gasteiger partial charge in [0.2, 0.25) is 0 Å². The third-order valence-corrected chi connectivity index (χ3v) is 5.56. The molecule has 1 aliphatic heterocycles. The number of ether oxygens (including phenoxy) is 2. The SMILES string of the molecule is COc1ccc(N2C(=O)C(=Cc3cccc(Br)c3)C(=O)N(c3ccc(OC)cc3)C2=O)cc1. The van der Waals surface area contributed by atoms with E-state index in [-0.39, 0.29) is 5.57 Å². The third-order valence-electron chi connectivity index (χ3n) is 5.07. The smallest absolute Gasteiger partial charge is 0.343 e. The van der Waals surface area contributed by atoms with Crippen molar-refractivity contribution < 1.29 is 23.9 Å². The molecule has 0 spiro atoms. The van der Waals surface area contributed by atoms with Crippen LogP contribution in [0.1, 0.15) is 5.56 Å². The van der Waals surface area contributed by atoms with Crippen molar-refractivity contribution >= 4 is 51.2 Å². The fourth-order valence-corrected chi connectivity index (χ4v) is 3.83. The summed E-state index contributed by atoms with van der Waals surface area (Å²) < 4.78 is 11.1. The zero-order valence-electron chi connectivity index (χ0n) is 17.8. The molecule has 0 atom stereocenters. The molecule has 0 radical (unpaired) electrons. The van der Waals surface area contributed by atoms with Crippen LogP contribution in [-0.2, 0) is 9.59 Å². The molecule has 166 valence electrons. The van der Waals surface area contributed by atoms with Crippen molar-refractivity contribution in [2.75, 3.05) is 24.0 Å². The van der Waals surface area contributed by atoms with Crippen molar-refractivity contribution in [2.45, 2.75) is 0 Å². The van der Waals surface area contributed by atoms with Gasteiger partial charge in [0.05, 0.1) is 25.6 Å². The van der Waals surface area contributed by atoms with E-state index < -0.39 is 17.8 Å². The molecule has 4 rings (SSSR count). The van der Waals surface area contributed by atoms with E-state index in [4.69, 9.17) is 9.47 Å². The lowest BCUT2D eigenvalue weighted by atomic mass is 10.0. The Kier molecular flexibility index (Phi) is 6.28. The second-order valence-corrected chi connectivity index (χ2v) is 7.99. The minimum Gasteiger partial charge on any atom is -0.497 e. The maximum atomic E-state index is 13.4. The molecule has 8 heteroatoms. The number of anilines is 2. The molecule has 0 bridgehead atoms. The Balaban J connectivity index is 1.84. The summed E-state index contributed by atoms with van der Waals surface area (Å²) in [5, 5.41) is 0. The van der Waals surface area contributed by atoms with E-state index in [0.717, 1.165) is 14.3 Å². The lowest BCUT2D eigenvalue weighted by Crippen LogP contribution is -2.57. The van der Waals surface area contributed by atoms with Gasteiger partial charge in [-0.25, -0.2) is 14.6 Å². The first-order chi connectivity index (χ1) is 15.9. The minimum atomic E-state index is -0.772. The Labute approximate surface area is 199 Å². The van der Waals surface area contributed by atoms with Gasteiger partial charge in [0.1, 0.15) is 17.1 Å². The Morgan fingerprint density at radius 2 is 1.21 bits per heavy atom. The monoisotopic (exact) mass is 506 g/mol. The topological polar surface area (TPSA) is 76.2 Å². The van der Waals surface area contributed by atoms with Crippen LogP contribution in [0.5, 0.6) is 11.5 Å². The number of halogens is 1. The Morgan fingerprint density at radius 3 is 1.64 bits per heavy atom. The van der Waals surface area contributed by atoms with Crippen LogP contribution in [0.25, 0.3) is 6.08 Å². The standard InChI is InChI=1S/C25H19BrN2O5/c1-32-20-10-6-18(7-11-20)27-23(29)22(15-16-4-3-5-17(26)14-16)24(30)28(25(27)31)19-8-12-21(33-2)13-9-19/h3-15H,1-2H3. The third kappa shape index (κ3) is 4.38. The highest BCUT2D eigenvalue weighted by molar-refractivity contribution is 9.10. The highest BCUT2D eigenvalue weighted by Crippen LogP contribution is 2.31. The molecule has 3 aromatic rings. The van der Waals surface area contributed by atoms with Gasteiger partial charge in [0, 0.05) is 4.47 Å². The van der Waals surface area contributed by atoms with Crippen molar-refractivity contribution in [1.29, 1.82) is 0 Å². The normalized spacial score (nSPS) is 13.9. The molecule has 0 N–H and O–H groups in total. The predicted molar refractivity (Wildman–Crippen MR) is 128 cm³/mol. The van der Waals surface area contributed by atoms with E-state index in [1.165, 1.54) is 20.3 Å². The van der Waals surface area contributed by atoms with Crippen LogP contribution in [0.15, 0.2) is 82.8 Å². The molecule has 0 saturated carbocycles. The summed E-state index contributed by atoms with van der Waals surface area (Å²) in [6.45, 7) is 0. The summed E-state index contributed by atoms with van der Waals surface area (Å²) in [6.07, 6.45) is 1.48. The predicted octanol–water partition coefficient (Wildman–Crippen LogP) is 5.05. The summed E-state index contributed by atoms with van der Waals surface area (Å²) in [7, 11) is 3.05. The molecule has 3 aromatic carbocycles. The fourth-order valence-electron chi connectivity index (χ4n) is 3.41. The molecule has 0 aliphatic carbocycles. The summed E-state index contributed by atoms with van der Waals surface area (Å²) in [5.74, 6) is -0.271. The van der Waals surface area contributed by atoms with Gasteiger partial charge in [-0.2, -0.15) is 0 Å². The van der Waals surface area contributed by atoms with Crippen LogP contribution < -0.4 is 19.3 Å². The minimum absolute atomic E-state index is 0.140. The van der Waals surface area contributed by atoms with Gasteiger partial charge in [-0.3, -0.25) is 9.59 Å². The van der Waals surface area contributed by atoms with Gasteiger partial charge >= 0.3 is 6.03 Å². The maximum Gasteiger partial charge on any atom is 0.343 e. The quantitative estimate of drug-likeness (QED) is 0.357. The molecule has 1 aliphatic rings. The molecule has 33 heavy (non-hydrogen) atoms. The summed E-state index contributed by atoms with van der Waals surface area (Å²) in [6, 6.07) is 19.3. The lowest BCUT2D eigenvalue weighted by Gasteiger charge is -2.34. The summed E-state index contributed by atoms with van der Waals surface area (Å²) >= 11 is 3.39. The highest BCUT2D eigenvalue weighted by Gasteiger charge is 2.43. The molecule has 4 amide bonds. The lowest BCUT2D eigenvalue weighted by molar-refractivity contribution is -0.121. The van der Waals surface area contributed by atoms with Crippen molar-refractivity contribution in [3.05, 3.63) is 88.4 Å². The fraction of sp³-hybridized carbons (Fsp3) is 0.0800. The van der Waals surface area contributed by atoms with Crippen molar-refractivity contribution in [3.8, 4) is 11.5 Å². The molecular formula is C25H19BrN2O5. The number of carbonyl (C=O) groups excluding carboxylic acids is 3. The molecule has 1 heterocycles. The van der Waals surface area contributed by atoms with Gasteiger partial charge in [-0.1, -0.05) is 28.1 Å². The summed E-state index contributed by atoms with van der Waals surface area (Å²) in [5.41, 5.74) is 1.13. The first-order valence-corrected chi connectivity index (χ1v) is 10.7. The molecule has 1 saturated heterocycles. The maximum absolute atomic E-state index is 13.4. The van der Waals surface area contributed by atoms with Crippen LogP contribution in [0.4, 0.5) is 16.2 Å². The number of hydrogen-bond donors (Lipinski definition) is 0. The first-order valence-electron chi connectivity index (χ1n) is 9.91. The highest BCUT2D eigenvalue weighted by atomic mass is 79.9. The van der Waals surface area contributed by atoms with E-state index >= 15 is 0 Å². The van der Waals surface area contributed by atoms with Crippen LogP contribution in [0.2, 0.25) is 0 Å². The summed E-state index contributed by atoms with van der Waals surface area (Å²) in [4.78, 5) is 42.2. The second-order valence-electron chi connectivity index (χ2n) is 7.07. The van der Waals surface area contributed by atoms with E-state index in [9.17, 15) is 14.4 Å². The van der Waals surface area contributed by atoms with Crippen LogP contribution >= 0.6 is 15.9 Å². The number of rotatable bonds is 5. The van der Waals surface area contributed by atoms with E-state index in [2.05, 4.69) is 15.9 Å². The van der Waals surface area contributed by atoms with Gasteiger partial charge in [-0.15, -0.1) is 0 Å². The number of barbiturate groups is 1. The van der Waals surface area contributed by atoms with Gasteiger partial charge in [0.25, 0.3) is 11.8 Å². The van der Waals surface area contributed by atoms with Crippen molar-refractivity contribution in [1.82, 2.24) is 0 Å². The van der Waals surface area contributed by atoms with E-state index in [0.29, 0.717) is 28.4 Å². The van der Waals surface area contributed by atoms with E-state index in [1.54, 1.807) is 66.7 Å². The largest absolute Gasteiger partial charge is 0.497 e. The number of imide groups is 2. The second kappa shape index (κ2) is 9.30. The molecule has 0 aromatic heterocycles. The van der Waals surface area contributed by atoms with Crippen molar-refractivity contribution in [2.24, 2.45) is 0 Å². The van der Waals surface area contributed by atoms with Crippen LogP contribution in [0, 0.1) is 0 Å². The van der Waals surface area contributed by atoms with Gasteiger partial charge < -0.3 is 9.47 Å². The Bertz CT molecular complexity index is 1180. The number of amides is 4. The molecule has 7 nitrogen and oxygen atoms in total. The first kappa shape index (κ1) is 22.3. The van der Waals surface area contributed by atoms with Crippen LogP contribution in [0.3, 0.4) is 0 Å². The Morgan fingerprint density at radius 1 is 0.727 bits per heavy atom. The number of hydrogen-bond acceptors (Lipinski definition) is 5. The number of urea groups is 1. The molecule has 1 fully saturated rings. The number of methoxy groups -OCH3 is 2. The van der Waals surface area contributed by atoms with Gasteiger partial charge in [-0.05, 0) is 72.3 Å². The number of benzene rings is 3. The zero-order valence-corrected chi connectivity index (χ0v) is 19.4. The average molecular weight is 507 g/mol. The molecular weight excluding hydrogens is 488 g/mol.